The van der Waals surface area contributed by atoms with Crippen LogP contribution in [0.5, 0.6) is 0 Å². The molecule has 0 atom stereocenters. The van der Waals surface area contributed by atoms with Gasteiger partial charge in [0.2, 0.25) is 5.91 Å². The van der Waals surface area contributed by atoms with Crippen molar-refractivity contribution in [3.63, 3.8) is 0 Å². The number of nitrogens with one attached hydrogen (secondary N) is 1. The zero-order valence-electron chi connectivity index (χ0n) is 11.8. The number of nitrogens with zero attached hydrogens (tertiary/aromatic N) is 1. The summed E-state index contributed by atoms with van der Waals surface area (Å²) < 4.78 is 0. The van der Waals surface area contributed by atoms with Gasteiger partial charge in [-0.2, -0.15) is 0 Å². The predicted molar refractivity (Wildman–Crippen MR) is 77.3 cm³/mol. The van der Waals surface area contributed by atoms with Gasteiger partial charge in [-0.1, -0.05) is 12.1 Å². The van der Waals surface area contributed by atoms with E-state index in [1.54, 1.807) is 29.2 Å². The van der Waals surface area contributed by atoms with E-state index in [1.165, 1.54) is 6.92 Å². The maximum atomic E-state index is 12.0. The number of anilines is 1. The van der Waals surface area contributed by atoms with Crippen molar-refractivity contribution < 1.29 is 19.5 Å². The topological polar surface area (TPSA) is 86.7 Å². The number of amides is 1. The van der Waals surface area contributed by atoms with Crippen LogP contribution >= 0.6 is 0 Å². The van der Waals surface area contributed by atoms with Crippen molar-refractivity contribution >= 4 is 23.3 Å². The fourth-order valence-electron chi connectivity index (χ4n) is 2.13. The molecule has 6 heteroatoms. The molecule has 0 aromatic heterocycles. The maximum absolute atomic E-state index is 12.0. The molecule has 21 heavy (non-hydrogen) atoms. The average Bonchev–Trinajstić information content (AvgIpc) is 3.21. The number of benzene rings is 1. The molecule has 0 unspecified atom stereocenters. The first kappa shape index (κ1) is 15.2. The number of carbonyl (C=O) groups excluding carboxylic acids is 2. The third kappa shape index (κ3) is 4.68. The summed E-state index contributed by atoms with van der Waals surface area (Å²) in [5, 5.41) is 11.5. The monoisotopic (exact) mass is 290 g/mol. The Kier molecular flexibility index (Phi) is 4.70. The quantitative estimate of drug-likeness (QED) is 0.741. The number of aliphatic carboxylic acids is 1. The molecule has 0 spiro atoms. The molecule has 1 amide bonds. The molecular weight excluding hydrogens is 272 g/mol. The van der Waals surface area contributed by atoms with Crippen LogP contribution in [0.3, 0.4) is 0 Å². The van der Waals surface area contributed by atoms with Gasteiger partial charge in [-0.15, -0.1) is 0 Å². The Morgan fingerprint density at radius 1 is 1.29 bits per heavy atom. The van der Waals surface area contributed by atoms with Crippen LogP contribution in [0.25, 0.3) is 0 Å². The third-order valence-corrected chi connectivity index (χ3v) is 3.30. The van der Waals surface area contributed by atoms with Crippen LogP contribution in [-0.2, 0) is 9.59 Å². The molecule has 1 aliphatic carbocycles. The Balaban J connectivity index is 1.95. The summed E-state index contributed by atoms with van der Waals surface area (Å²) in [5.74, 6) is -1.28. The van der Waals surface area contributed by atoms with Crippen LogP contribution < -0.4 is 5.32 Å². The summed E-state index contributed by atoms with van der Waals surface area (Å²) in [6, 6.07) is 6.87. The van der Waals surface area contributed by atoms with E-state index in [0.29, 0.717) is 11.3 Å². The van der Waals surface area contributed by atoms with Crippen LogP contribution in [0.15, 0.2) is 24.3 Å². The summed E-state index contributed by atoms with van der Waals surface area (Å²) >= 11 is 0. The van der Waals surface area contributed by atoms with Crippen molar-refractivity contribution in [3.8, 4) is 0 Å². The molecule has 1 aliphatic rings. The number of carboxylic acid groups (broad SMARTS) is 1. The van der Waals surface area contributed by atoms with Gasteiger partial charge in [-0.05, 0) is 31.9 Å². The average molecular weight is 290 g/mol. The lowest BCUT2D eigenvalue weighted by Crippen LogP contribution is -2.38. The first-order valence-electron chi connectivity index (χ1n) is 6.82. The lowest BCUT2D eigenvalue weighted by Gasteiger charge is -2.19. The molecule has 0 aliphatic heterocycles. The molecule has 0 saturated heterocycles. The molecule has 0 radical (unpaired) electrons. The van der Waals surface area contributed by atoms with Gasteiger partial charge in [0.1, 0.15) is 0 Å². The van der Waals surface area contributed by atoms with Gasteiger partial charge in [0.15, 0.2) is 5.78 Å². The van der Waals surface area contributed by atoms with Crippen molar-refractivity contribution in [2.45, 2.75) is 25.8 Å². The fourth-order valence-corrected chi connectivity index (χ4v) is 2.13. The van der Waals surface area contributed by atoms with Crippen molar-refractivity contribution in [3.05, 3.63) is 29.8 Å². The van der Waals surface area contributed by atoms with E-state index in [9.17, 15) is 14.4 Å². The molecule has 0 bridgehead atoms. The summed E-state index contributed by atoms with van der Waals surface area (Å²) in [5.41, 5.74) is 1.07. The van der Waals surface area contributed by atoms with Gasteiger partial charge in [-0.3, -0.25) is 19.3 Å². The Morgan fingerprint density at radius 3 is 2.57 bits per heavy atom. The van der Waals surface area contributed by atoms with E-state index in [0.717, 1.165) is 12.8 Å². The summed E-state index contributed by atoms with van der Waals surface area (Å²) in [6.45, 7) is 1.37. The lowest BCUT2D eigenvalue weighted by molar-refractivity contribution is -0.138. The largest absolute Gasteiger partial charge is 0.480 e. The Labute approximate surface area is 122 Å². The van der Waals surface area contributed by atoms with Gasteiger partial charge in [0.25, 0.3) is 0 Å². The minimum absolute atomic E-state index is 0.0429. The van der Waals surface area contributed by atoms with Crippen LogP contribution in [0.1, 0.15) is 30.1 Å². The van der Waals surface area contributed by atoms with Crippen molar-refractivity contribution in [2.24, 2.45) is 0 Å². The molecule has 2 rings (SSSR count). The van der Waals surface area contributed by atoms with Crippen LogP contribution in [0, 0.1) is 0 Å². The van der Waals surface area contributed by atoms with E-state index in [1.807, 2.05) is 0 Å². The normalized spacial score (nSPS) is 14.0. The maximum Gasteiger partial charge on any atom is 0.317 e. The number of carboxylic acids is 1. The van der Waals surface area contributed by atoms with E-state index >= 15 is 0 Å². The third-order valence-electron chi connectivity index (χ3n) is 3.30. The van der Waals surface area contributed by atoms with E-state index < -0.39 is 5.97 Å². The first-order chi connectivity index (χ1) is 9.95. The summed E-state index contributed by atoms with van der Waals surface area (Å²) in [6.07, 6.45) is 1.86. The predicted octanol–water partition coefficient (Wildman–Crippen LogP) is 1.38. The van der Waals surface area contributed by atoms with Gasteiger partial charge in [0.05, 0.1) is 13.1 Å². The summed E-state index contributed by atoms with van der Waals surface area (Å²) in [4.78, 5) is 35.7. The fraction of sp³-hybridized carbons (Fsp3) is 0.400. The Bertz CT molecular complexity index is 567. The number of ketones is 1. The van der Waals surface area contributed by atoms with Crippen molar-refractivity contribution in [1.29, 1.82) is 0 Å². The van der Waals surface area contributed by atoms with Gasteiger partial charge in [0, 0.05) is 17.3 Å². The number of hydrogen-bond acceptors (Lipinski definition) is 4. The van der Waals surface area contributed by atoms with E-state index in [2.05, 4.69) is 5.32 Å². The molecule has 1 aromatic rings. The standard InChI is InChI=1S/C15H18N2O4/c1-10(18)11-3-2-4-12(7-11)16-14(19)8-17(9-15(20)21)13-5-6-13/h2-4,7,13H,5-6,8-9H2,1H3,(H,16,19)(H,20,21). The van der Waals surface area contributed by atoms with Crippen molar-refractivity contribution in [1.82, 2.24) is 4.90 Å². The van der Waals surface area contributed by atoms with Crippen LogP contribution in [-0.4, -0.2) is 46.8 Å². The molecule has 112 valence electrons. The highest BCUT2D eigenvalue weighted by Crippen LogP contribution is 2.26. The number of carbonyl (C=O) groups is 3. The second kappa shape index (κ2) is 6.49. The highest BCUT2D eigenvalue weighted by Gasteiger charge is 2.31. The minimum Gasteiger partial charge on any atom is -0.480 e. The second-order valence-corrected chi connectivity index (χ2v) is 5.22. The molecular formula is C15H18N2O4. The highest BCUT2D eigenvalue weighted by molar-refractivity contribution is 5.97. The Hall–Kier alpha value is -2.21. The zero-order chi connectivity index (χ0) is 15.4. The molecule has 1 aromatic carbocycles. The lowest BCUT2D eigenvalue weighted by atomic mass is 10.1. The molecule has 1 saturated carbocycles. The van der Waals surface area contributed by atoms with Gasteiger partial charge >= 0.3 is 5.97 Å². The van der Waals surface area contributed by atoms with Gasteiger partial charge < -0.3 is 10.4 Å². The molecule has 6 nitrogen and oxygen atoms in total. The highest BCUT2D eigenvalue weighted by atomic mass is 16.4. The SMILES string of the molecule is CC(=O)c1cccc(NC(=O)CN(CC(=O)O)C2CC2)c1. The molecule has 0 heterocycles. The first-order valence-corrected chi connectivity index (χ1v) is 6.82. The minimum atomic E-state index is -0.937. The number of Topliss-reactive ketones (excluding diaryl/α,β-unsaturated/α-hetero) is 1. The van der Waals surface area contributed by atoms with Crippen molar-refractivity contribution in [2.75, 3.05) is 18.4 Å². The number of rotatable bonds is 7. The van der Waals surface area contributed by atoms with Crippen LogP contribution in [0.4, 0.5) is 5.69 Å². The zero-order valence-corrected chi connectivity index (χ0v) is 11.8. The van der Waals surface area contributed by atoms with E-state index in [-0.39, 0.29) is 30.8 Å². The Morgan fingerprint density at radius 2 is 2.00 bits per heavy atom. The van der Waals surface area contributed by atoms with Crippen LogP contribution in [0.2, 0.25) is 0 Å². The van der Waals surface area contributed by atoms with E-state index in [4.69, 9.17) is 5.11 Å². The molecule has 1 fully saturated rings. The molecule has 2 N–H and O–H groups in total. The number of hydrogen-bond donors (Lipinski definition) is 2. The second-order valence-electron chi connectivity index (χ2n) is 5.22. The summed E-state index contributed by atoms with van der Waals surface area (Å²) in [7, 11) is 0. The van der Waals surface area contributed by atoms with Gasteiger partial charge in [-0.25, -0.2) is 0 Å². The smallest absolute Gasteiger partial charge is 0.317 e.